The highest BCUT2D eigenvalue weighted by Crippen LogP contribution is 2.13. The van der Waals surface area contributed by atoms with Crippen molar-refractivity contribution in [3.8, 4) is 0 Å². The third-order valence-corrected chi connectivity index (χ3v) is 4.30. The van der Waals surface area contributed by atoms with Crippen molar-refractivity contribution in [2.24, 2.45) is 0 Å². The molecular weight excluding hydrogens is 334 g/mol. The molecule has 1 heterocycles. The highest BCUT2D eigenvalue weighted by Gasteiger charge is 2.24. The number of carbonyl (C=O) groups is 3. The van der Waals surface area contributed by atoms with Crippen LogP contribution < -0.4 is 10.6 Å². The molecule has 1 aliphatic rings. The van der Waals surface area contributed by atoms with Gasteiger partial charge in [0, 0.05) is 36.8 Å². The van der Waals surface area contributed by atoms with Gasteiger partial charge >= 0.3 is 6.09 Å². The molecule has 2 N–H and O–H groups in total. The third kappa shape index (κ3) is 5.47. The zero-order valence-corrected chi connectivity index (χ0v) is 15.4. The van der Waals surface area contributed by atoms with Gasteiger partial charge in [0.25, 0.3) is 11.8 Å². The monoisotopic (exact) mass is 361 g/mol. The third-order valence-electron chi connectivity index (χ3n) is 4.30. The van der Waals surface area contributed by atoms with E-state index < -0.39 is 0 Å². The first kappa shape index (κ1) is 19.8. The maximum Gasteiger partial charge on any atom is 0.409 e. The molecule has 1 fully saturated rings. The number of hydrogen-bond acceptors (Lipinski definition) is 4. The van der Waals surface area contributed by atoms with E-state index in [0.29, 0.717) is 50.2 Å². The maximum absolute atomic E-state index is 12.4. The number of piperidine rings is 1. The minimum atomic E-state index is -0.297. The Hall–Kier alpha value is -2.57. The van der Waals surface area contributed by atoms with E-state index in [2.05, 4.69) is 10.6 Å². The van der Waals surface area contributed by atoms with E-state index in [1.165, 1.54) is 0 Å². The first-order chi connectivity index (χ1) is 12.5. The number of hydrogen-bond donors (Lipinski definition) is 2. The molecule has 0 aromatic heterocycles. The molecule has 1 saturated heterocycles. The summed E-state index contributed by atoms with van der Waals surface area (Å²) in [7, 11) is 0. The Morgan fingerprint density at radius 3 is 2.15 bits per heavy atom. The van der Waals surface area contributed by atoms with Crippen molar-refractivity contribution in [3.63, 3.8) is 0 Å². The molecule has 0 aliphatic carbocycles. The fourth-order valence-electron chi connectivity index (χ4n) is 2.80. The predicted molar refractivity (Wildman–Crippen MR) is 98.1 cm³/mol. The molecule has 1 aliphatic heterocycles. The van der Waals surface area contributed by atoms with E-state index in [1.54, 1.807) is 36.1 Å². The van der Waals surface area contributed by atoms with Gasteiger partial charge in [-0.05, 0) is 50.5 Å². The number of rotatable bonds is 6. The van der Waals surface area contributed by atoms with Crippen LogP contribution in [0.5, 0.6) is 0 Å². The van der Waals surface area contributed by atoms with Gasteiger partial charge in [0.2, 0.25) is 0 Å². The molecule has 7 heteroatoms. The summed E-state index contributed by atoms with van der Waals surface area (Å²) < 4.78 is 4.99. The van der Waals surface area contributed by atoms with Crippen molar-refractivity contribution >= 4 is 17.9 Å². The summed E-state index contributed by atoms with van der Waals surface area (Å²) in [5.41, 5.74) is 1.06. The van der Waals surface area contributed by atoms with Crippen LogP contribution in [0.1, 0.15) is 53.8 Å². The second kappa shape index (κ2) is 9.79. The maximum atomic E-state index is 12.4. The van der Waals surface area contributed by atoms with Crippen LogP contribution in [0.25, 0.3) is 0 Å². The molecule has 1 aromatic rings. The highest BCUT2D eigenvalue weighted by molar-refractivity contribution is 5.97. The fourth-order valence-corrected chi connectivity index (χ4v) is 2.80. The molecule has 0 bridgehead atoms. The zero-order chi connectivity index (χ0) is 18.9. The first-order valence-electron chi connectivity index (χ1n) is 9.16. The van der Waals surface area contributed by atoms with Crippen molar-refractivity contribution in [1.82, 2.24) is 15.5 Å². The van der Waals surface area contributed by atoms with Crippen LogP contribution in [0.15, 0.2) is 24.3 Å². The molecule has 1 aromatic carbocycles. The quantitative estimate of drug-likeness (QED) is 0.813. The Kier molecular flexibility index (Phi) is 7.44. The summed E-state index contributed by atoms with van der Waals surface area (Å²) in [5.74, 6) is -0.301. The Labute approximate surface area is 154 Å². The van der Waals surface area contributed by atoms with Gasteiger partial charge in [-0.15, -0.1) is 0 Å². The largest absolute Gasteiger partial charge is 0.450 e. The lowest BCUT2D eigenvalue weighted by molar-refractivity contribution is 0.0858. The van der Waals surface area contributed by atoms with Gasteiger partial charge in [-0.3, -0.25) is 9.59 Å². The minimum absolute atomic E-state index is 0.0284. The Morgan fingerprint density at radius 2 is 1.62 bits per heavy atom. The van der Waals surface area contributed by atoms with Crippen molar-refractivity contribution in [2.75, 3.05) is 26.2 Å². The number of amides is 3. The van der Waals surface area contributed by atoms with Crippen molar-refractivity contribution in [3.05, 3.63) is 35.4 Å². The average Bonchev–Trinajstić information content (AvgIpc) is 2.67. The molecular formula is C19H27N3O4. The summed E-state index contributed by atoms with van der Waals surface area (Å²) in [6.07, 6.45) is 1.97. The first-order valence-corrected chi connectivity index (χ1v) is 9.16. The number of carbonyl (C=O) groups excluding carboxylic acids is 3. The molecule has 0 spiro atoms. The SMILES string of the molecule is CCCNC(=O)c1ccc(C(=O)NC2CCN(C(=O)OCC)CC2)cc1. The van der Waals surface area contributed by atoms with E-state index in [9.17, 15) is 14.4 Å². The van der Waals surface area contributed by atoms with Crippen molar-refractivity contribution < 1.29 is 19.1 Å². The lowest BCUT2D eigenvalue weighted by Crippen LogP contribution is -2.46. The van der Waals surface area contributed by atoms with Crippen molar-refractivity contribution in [1.29, 1.82) is 0 Å². The van der Waals surface area contributed by atoms with Crippen LogP contribution in [0.2, 0.25) is 0 Å². The summed E-state index contributed by atoms with van der Waals surface area (Å²) in [6, 6.07) is 6.65. The number of nitrogens with zero attached hydrogens (tertiary/aromatic N) is 1. The molecule has 0 radical (unpaired) electrons. The second-order valence-electron chi connectivity index (χ2n) is 6.27. The Bertz CT molecular complexity index is 622. The summed E-state index contributed by atoms with van der Waals surface area (Å²) in [4.78, 5) is 37.6. The van der Waals surface area contributed by atoms with Gasteiger partial charge in [-0.2, -0.15) is 0 Å². The Morgan fingerprint density at radius 1 is 1.04 bits per heavy atom. The smallest absolute Gasteiger partial charge is 0.409 e. The average molecular weight is 361 g/mol. The summed E-state index contributed by atoms with van der Waals surface area (Å²) >= 11 is 0. The van der Waals surface area contributed by atoms with E-state index in [1.807, 2.05) is 6.92 Å². The summed E-state index contributed by atoms with van der Waals surface area (Å²) in [6.45, 7) is 5.91. The summed E-state index contributed by atoms with van der Waals surface area (Å²) in [5, 5.41) is 5.79. The van der Waals surface area contributed by atoms with Crippen molar-refractivity contribution in [2.45, 2.75) is 39.2 Å². The van der Waals surface area contributed by atoms with E-state index in [-0.39, 0.29) is 23.9 Å². The normalized spacial score (nSPS) is 14.6. The van der Waals surface area contributed by atoms with Crippen LogP contribution in [0, 0.1) is 0 Å². The molecule has 0 saturated carbocycles. The lowest BCUT2D eigenvalue weighted by atomic mass is 10.0. The van der Waals surface area contributed by atoms with E-state index in [4.69, 9.17) is 4.74 Å². The molecule has 0 atom stereocenters. The molecule has 0 unspecified atom stereocenters. The van der Waals surface area contributed by atoms with Crippen LogP contribution in [-0.4, -0.2) is 55.1 Å². The predicted octanol–water partition coefficient (Wildman–Crippen LogP) is 2.18. The molecule has 2 rings (SSSR count). The van der Waals surface area contributed by atoms with E-state index in [0.717, 1.165) is 6.42 Å². The van der Waals surface area contributed by atoms with Gasteiger partial charge in [0.05, 0.1) is 6.61 Å². The Balaban J connectivity index is 1.83. The number of benzene rings is 1. The van der Waals surface area contributed by atoms with Crippen LogP contribution >= 0.6 is 0 Å². The molecule has 26 heavy (non-hydrogen) atoms. The number of likely N-dealkylation sites (tertiary alicyclic amines) is 1. The number of nitrogens with one attached hydrogen (secondary N) is 2. The zero-order valence-electron chi connectivity index (χ0n) is 15.4. The van der Waals surface area contributed by atoms with Crippen LogP contribution in [0.3, 0.4) is 0 Å². The fraction of sp³-hybridized carbons (Fsp3) is 0.526. The van der Waals surface area contributed by atoms with Crippen LogP contribution in [-0.2, 0) is 4.74 Å². The lowest BCUT2D eigenvalue weighted by Gasteiger charge is -2.31. The van der Waals surface area contributed by atoms with Gasteiger partial charge in [0.1, 0.15) is 0 Å². The minimum Gasteiger partial charge on any atom is -0.450 e. The second-order valence-corrected chi connectivity index (χ2v) is 6.27. The topological polar surface area (TPSA) is 87.7 Å². The highest BCUT2D eigenvalue weighted by atomic mass is 16.6. The number of ether oxygens (including phenoxy) is 1. The molecule has 7 nitrogen and oxygen atoms in total. The van der Waals surface area contributed by atoms with Gasteiger partial charge < -0.3 is 20.3 Å². The van der Waals surface area contributed by atoms with Gasteiger partial charge in [-0.25, -0.2) is 4.79 Å². The standard InChI is InChI=1S/C19H27N3O4/c1-3-11-20-17(23)14-5-7-15(8-6-14)18(24)21-16-9-12-22(13-10-16)19(25)26-4-2/h5-8,16H,3-4,9-13H2,1-2H3,(H,20,23)(H,21,24). The molecule has 3 amide bonds. The van der Waals surface area contributed by atoms with Gasteiger partial charge in [0.15, 0.2) is 0 Å². The molecule has 142 valence electrons. The van der Waals surface area contributed by atoms with Gasteiger partial charge in [-0.1, -0.05) is 6.92 Å². The van der Waals surface area contributed by atoms with E-state index >= 15 is 0 Å². The van der Waals surface area contributed by atoms with Crippen LogP contribution in [0.4, 0.5) is 4.79 Å².